The summed E-state index contributed by atoms with van der Waals surface area (Å²) < 4.78 is 29.2. The minimum Gasteiger partial charge on any atom is -0.377 e. The molecule has 0 aliphatic heterocycles. The summed E-state index contributed by atoms with van der Waals surface area (Å²) in [5, 5.41) is 1.59. The highest BCUT2D eigenvalue weighted by molar-refractivity contribution is 7.89. The summed E-state index contributed by atoms with van der Waals surface area (Å²) in [5.74, 6) is 0. The minimum atomic E-state index is -3.83. The highest BCUT2D eigenvalue weighted by Crippen LogP contribution is 2.32. The van der Waals surface area contributed by atoms with E-state index in [1.54, 1.807) is 24.5 Å². The summed E-state index contributed by atoms with van der Waals surface area (Å²) in [6.07, 6.45) is 3.34. The molecule has 7 heteroatoms. The topological polar surface area (TPSA) is 66.4 Å². The Kier molecular flexibility index (Phi) is 5.97. The van der Waals surface area contributed by atoms with Crippen LogP contribution in [-0.4, -0.2) is 36.8 Å². The van der Waals surface area contributed by atoms with E-state index >= 15 is 0 Å². The molecule has 2 aromatic carbocycles. The standard InChI is InChI=1S/C24H24N4O2S/c1-27(2)23-13-7-12-22-21(23)11-8-14-24(22)31(29,30)28(17-19-9-3-5-15-25-19)18-20-10-4-6-16-26-20/h3-16H,17-18H2,1-2H3. The van der Waals surface area contributed by atoms with Gasteiger partial charge in [0.25, 0.3) is 0 Å². The maximum atomic E-state index is 13.9. The fraction of sp³-hybridized carbons (Fsp3) is 0.167. The predicted octanol–water partition coefficient (Wildman–Crippen LogP) is 4.09. The van der Waals surface area contributed by atoms with Gasteiger partial charge in [0.05, 0.1) is 29.4 Å². The third-order valence-electron chi connectivity index (χ3n) is 5.09. The van der Waals surface area contributed by atoms with Crippen LogP contribution in [0.1, 0.15) is 11.4 Å². The number of hydrogen-bond acceptors (Lipinski definition) is 5. The number of pyridine rings is 2. The van der Waals surface area contributed by atoms with Gasteiger partial charge in [-0.1, -0.05) is 36.4 Å². The lowest BCUT2D eigenvalue weighted by atomic mass is 10.1. The van der Waals surface area contributed by atoms with Gasteiger partial charge in [0.1, 0.15) is 0 Å². The molecule has 0 atom stereocenters. The van der Waals surface area contributed by atoms with Crippen molar-refractivity contribution in [1.29, 1.82) is 0 Å². The summed E-state index contributed by atoms with van der Waals surface area (Å²) in [5.41, 5.74) is 2.32. The number of sulfonamides is 1. The van der Waals surface area contributed by atoms with Crippen molar-refractivity contribution in [1.82, 2.24) is 14.3 Å². The summed E-state index contributed by atoms with van der Waals surface area (Å²) in [6.45, 7) is 0.313. The molecule has 0 N–H and O–H groups in total. The van der Waals surface area contributed by atoms with Crippen molar-refractivity contribution in [3.63, 3.8) is 0 Å². The summed E-state index contributed by atoms with van der Waals surface area (Å²) in [6, 6.07) is 22.1. The van der Waals surface area contributed by atoms with Crippen molar-refractivity contribution >= 4 is 26.5 Å². The SMILES string of the molecule is CN(C)c1cccc2c(S(=O)(=O)N(Cc3ccccn3)Cc3ccccn3)cccc12. The molecule has 0 radical (unpaired) electrons. The van der Waals surface area contributed by atoms with Gasteiger partial charge in [-0.05, 0) is 36.4 Å². The van der Waals surface area contributed by atoms with Crippen molar-refractivity contribution in [3.05, 3.63) is 96.6 Å². The first-order valence-corrected chi connectivity index (χ1v) is 11.4. The molecule has 0 spiro atoms. The van der Waals surface area contributed by atoms with E-state index < -0.39 is 10.0 Å². The monoisotopic (exact) mass is 432 g/mol. The molecule has 0 bridgehead atoms. The fourth-order valence-corrected chi connectivity index (χ4v) is 5.18. The number of nitrogens with zero attached hydrogens (tertiary/aromatic N) is 4. The first kappa shape index (κ1) is 21.0. The smallest absolute Gasteiger partial charge is 0.244 e. The van der Waals surface area contributed by atoms with Gasteiger partial charge in [-0.25, -0.2) is 8.42 Å². The van der Waals surface area contributed by atoms with Crippen LogP contribution in [0.15, 0.2) is 90.1 Å². The molecule has 158 valence electrons. The molecule has 0 amide bonds. The van der Waals surface area contributed by atoms with Crippen LogP contribution in [0.4, 0.5) is 5.69 Å². The molecule has 4 aromatic rings. The molecule has 4 rings (SSSR count). The number of rotatable bonds is 7. The van der Waals surface area contributed by atoms with E-state index in [1.807, 2.05) is 79.7 Å². The molecule has 0 aliphatic carbocycles. The summed E-state index contributed by atoms with van der Waals surface area (Å²) in [7, 11) is 0.0659. The van der Waals surface area contributed by atoms with Crippen LogP contribution in [0.3, 0.4) is 0 Å². The zero-order valence-electron chi connectivity index (χ0n) is 17.5. The van der Waals surface area contributed by atoms with Crippen molar-refractivity contribution in [2.75, 3.05) is 19.0 Å². The molecule has 2 aromatic heterocycles. The largest absolute Gasteiger partial charge is 0.377 e. The highest BCUT2D eigenvalue weighted by atomic mass is 32.2. The molecule has 0 saturated heterocycles. The van der Waals surface area contributed by atoms with Crippen molar-refractivity contribution < 1.29 is 8.42 Å². The van der Waals surface area contributed by atoms with Crippen LogP contribution in [0.2, 0.25) is 0 Å². The number of anilines is 1. The number of fused-ring (bicyclic) bond motifs is 1. The summed E-state index contributed by atoms with van der Waals surface area (Å²) in [4.78, 5) is 10.9. The maximum absolute atomic E-state index is 13.9. The Balaban J connectivity index is 1.83. The Morgan fingerprint density at radius 3 is 1.84 bits per heavy atom. The third-order valence-corrected chi connectivity index (χ3v) is 6.94. The molecule has 2 heterocycles. The molecule has 0 fully saturated rings. The van der Waals surface area contributed by atoms with Crippen molar-refractivity contribution in [2.45, 2.75) is 18.0 Å². The lowest BCUT2D eigenvalue weighted by Crippen LogP contribution is -2.31. The normalized spacial score (nSPS) is 11.7. The highest BCUT2D eigenvalue weighted by Gasteiger charge is 2.28. The van der Waals surface area contributed by atoms with Gasteiger partial charge >= 0.3 is 0 Å². The van der Waals surface area contributed by atoms with Gasteiger partial charge in [0.2, 0.25) is 10.0 Å². The molecule has 31 heavy (non-hydrogen) atoms. The van der Waals surface area contributed by atoms with Gasteiger partial charge in [0, 0.05) is 42.9 Å². The van der Waals surface area contributed by atoms with Gasteiger partial charge in [-0.15, -0.1) is 0 Å². The average molecular weight is 433 g/mol. The van der Waals surface area contributed by atoms with E-state index in [9.17, 15) is 8.42 Å². The van der Waals surface area contributed by atoms with Crippen LogP contribution in [-0.2, 0) is 23.1 Å². The van der Waals surface area contributed by atoms with Crippen LogP contribution < -0.4 is 4.90 Å². The van der Waals surface area contributed by atoms with Crippen LogP contribution in [0.5, 0.6) is 0 Å². The second-order valence-electron chi connectivity index (χ2n) is 7.44. The van der Waals surface area contributed by atoms with Crippen LogP contribution >= 0.6 is 0 Å². The van der Waals surface area contributed by atoms with E-state index in [4.69, 9.17) is 0 Å². The minimum absolute atomic E-state index is 0.156. The van der Waals surface area contributed by atoms with E-state index in [1.165, 1.54) is 4.31 Å². The van der Waals surface area contributed by atoms with Gasteiger partial charge in [0.15, 0.2) is 0 Å². The first-order chi connectivity index (χ1) is 15.0. The van der Waals surface area contributed by atoms with Crippen LogP contribution in [0.25, 0.3) is 10.8 Å². The quantitative estimate of drug-likeness (QED) is 0.440. The van der Waals surface area contributed by atoms with Crippen molar-refractivity contribution in [2.24, 2.45) is 0 Å². The fourth-order valence-electron chi connectivity index (χ4n) is 3.59. The lowest BCUT2D eigenvalue weighted by molar-refractivity contribution is 0.393. The second kappa shape index (κ2) is 8.83. The Labute approximate surface area is 182 Å². The maximum Gasteiger partial charge on any atom is 0.244 e. The van der Waals surface area contributed by atoms with Gasteiger partial charge in [-0.3, -0.25) is 9.97 Å². The summed E-state index contributed by atoms with van der Waals surface area (Å²) >= 11 is 0. The lowest BCUT2D eigenvalue weighted by Gasteiger charge is -2.23. The first-order valence-electron chi connectivity index (χ1n) is 9.96. The molecule has 0 aliphatic rings. The third kappa shape index (κ3) is 4.42. The van der Waals surface area contributed by atoms with E-state index in [2.05, 4.69) is 9.97 Å². The zero-order valence-corrected chi connectivity index (χ0v) is 18.3. The molecule has 0 unspecified atom stereocenters. The Hall–Kier alpha value is -3.29. The Morgan fingerprint density at radius 1 is 0.710 bits per heavy atom. The van der Waals surface area contributed by atoms with E-state index in [-0.39, 0.29) is 18.0 Å². The number of hydrogen-bond donors (Lipinski definition) is 0. The number of aromatic nitrogens is 2. The predicted molar refractivity (Wildman–Crippen MR) is 123 cm³/mol. The average Bonchev–Trinajstić information content (AvgIpc) is 2.79. The van der Waals surface area contributed by atoms with Gasteiger partial charge in [-0.2, -0.15) is 4.31 Å². The Bertz CT molecular complexity index is 1240. The Morgan fingerprint density at radius 2 is 1.29 bits per heavy atom. The second-order valence-corrected chi connectivity index (χ2v) is 9.34. The van der Waals surface area contributed by atoms with E-state index in [0.29, 0.717) is 16.8 Å². The van der Waals surface area contributed by atoms with E-state index in [0.717, 1.165) is 11.1 Å². The molecular weight excluding hydrogens is 408 g/mol. The molecule has 6 nitrogen and oxygen atoms in total. The molecular formula is C24H24N4O2S. The number of benzene rings is 2. The zero-order chi connectivity index (χ0) is 21.8. The van der Waals surface area contributed by atoms with Crippen molar-refractivity contribution in [3.8, 4) is 0 Å². The molecule has 0 saturated carbocycles. The van der Waals surface area contributed by atoms with Gasteiger partial charge < -0.3 is 4.90 Å². The van der Waals surface area contributed by atoms with Crippen LogP contribution in [0, 0.1) is 0 Å².